The average molecular weight is 212 g/mol. The molecule has 0 spiro atoms. The van der Waals surface area contributed by atoms with E-state index < -0.39 is 0 Å². The van der Waals surface area contributed by atoms with Crippen molar-refractivity contribution in [2.24, 2.45) is 11.8 Å². The number of Topliss-reactive ketones (excluding diaryl/α,β-unsaturated/α-hetero) is 1. The lowest BCUT2D eigenvalue weighted by Gasteiger charge is -2.15. The first-order valence-electron chi connectivity index (χ1n) is 5.80. The summed E-state index contributed by atoms with van der Waals surface area (Å²) in [5.74, 6) is 0.944. The predicted octanol–water partition coefficient (Wildman–Crippen LogP) is 2.33. The van der Waals surface area contributed by atoms with E-state index in [1.807, 2.05) is 13.8 Å². The van der Waals surface area contributed by atoms with Crippen LogP contribution in [0.5, 0.6) is 0 Å². The Morgan fingerprint density at radius 3 is 2.00 bits per heavy atom. The summed E-state index contributed by atoms with van der Waals surface area (Å²) >= 11 is 0. The van der Waals surface area contributed by atoms with Gasteiger partial charge in [0.25, 0.3) is 0 Å². The van der Waals surface area contributed by atoms with Crippen molar-refractivity contribution in [1.29, 1.82) is 0 Å². The van der Waals surface area contributed by atoms with Gasteiger partial charge < -0.3 is 4.74 Å². The Balaban J connectivity index is 0.000000151. The topological polar surface area (TPSA) is 43.4 Å². The number of rotatable bonds is 0. The van der Waals surface area contributed by atoms with Gasteiger partial charge in [0.05, 0.1) is 12.5 Å². The van der Waals surface area contributed by atoms with Crippen LogP contribution in [0.1, 0.15) is 46.0 Å². The van der Waals surface area contributed by atoms with Crippen molar-refractivity contribution in [3.05, 3.63) is 0 Å². The summed E-state index contributed by atoms with van der Waals surface area (Å²) < 4.78 is 4.75. The van der Waals surface area contributed by atoms with Gasteiger partial charge in [0.15, 0.2) is 0 Å². The highest BCUT2D eigenvalue weighted by molar-refractivity contribution is 5.82. The van der Waals surface area contributed by atoms with Gasteiger partial charge >= 0.3 is 5.97 Å². The fraction of sp³-hybridized carbons (Fsp3) is 0.833. The van der Waals surface area contributed by atoms with Crippen LogP contribution < -0.4 is 0 Å². The maximum Gasteiger partial charge on any atom is 0.308 e. The van der Waals surface area contributed by atoms with Gasteiger partial charge in [-0.25, -0.2) is 0 Å². The number of esters is 1. The van der Waals surface area contributed by atoms with E-state index >= 15 is 0 Å². The molecule has 1 saturated heterocycles. The van der Waals surface area contributed by atoms with E-state index in [1.54, 1.807) is 0 Å². The number of cyclic esters (lactones) is 1. The Hall–Kier alpha value is -0.860. The van der Waals surface area contributed by atoms with Crippen LogP contribution >= 0.6 is 0 Å². The second kappa shape index (κ2) is 5.89. The van der Waals surface area contributed by atoms with Crippen LogP contribution in [0.3, 0.4) is 0 Å². The molecule has 2 fully saturated rings. The van der Waals surface area contributed by atoms with E-state index in [0.717, 1.165) is 32.1 Å². The zero-order chi connectivity index (χ0) is 11.3. The van der Waals surface area contributed by atoms with Crippen LogP contribution in [-0.2, 0) is 14.3 Å². The van der Waals surface area contributed by atoms with Crippen molar-refractivity contribution in [2.45, 2.75) is 46.0 Å². The number of ether oxygens (including phenoxy) is 1. The highest BCUT2D eigenvalue weighted by Gasteiger charge is 2.18. The van der Waals surface area contributed by atoms with Crippen molar-refractivity contribution < 1.29 is 14.3 Å². The van der Waals surface area contributed by atoms with Crippen LogP contribution in [0.25, 0.3) is 0 Å². The quantitative estimate of drug-likeness (QED) is 0.579. The molecule has 3 nitrogen and oxygen atoms in total. The van der Waals surface area contributed by atoms with Crippen molar-refractivity contribution in [3.8, 4) is 0 Å². The number of hydrogen-bond donors (Lipinski definition) is 0. The largest absolute Gasteiger partial charge is 0.465 e. The molecule has 0 aromatic heterocycles. The van der Waals surface area contributed by atoms with Crippen LogP contribution in [-0.4, -0.2) is 18.4 Å². The minimum Gasteiger partial charge on any atom is -0.465 e. The molecular weight excluding hydrogens is 192 g/mol. The van der Waals surface area contributed by atoms with Crippen LogP contribution in [0.4, 0.5) is 0 Å². The van der Waals surface area contributed by atoms with Gasteiger partial charge in [-0.15, -0.1) is 0 Å². The molecule has 0 N–H and O–H groups in total. The molecule has 0 aromatic carbocycles. The van der Waals surface area contributed by atoms with Crippen molar-refractivity contribution in [2.75, 3.05) is 6.61 Å². The molecule has 15 heavy (non-hydrogen) atoms. The molecule has 2 rings (SSSR count). The minimum absolute atomic E-state index is 0.0312. The molecule has 0 aromatic rings. The monoisotopic (exact) mass is 212 g/mol. The lowest BCUT2D eigenvalue weighted by atomic mass is 10.0. The van der Waals surface area contributed by atoms with Gasteiger partial charge in [0.2, 0.25) is 0 Å². The molecule has 3 heteroatoms. The van der Waals surface area contributed by atoms with Crippen LogP contribution in [0, 0.1) is 11.8 Å². The fourth-order valence-electron chi connectivity index (χ4n) is 1.81. The van der Waals surface area contributed by atoms with E-state index in [1.165, 1.54) is 0 Å². The average Bonchev–Trinajstić information content (AvgIpc) is 2.57. The van der Waals surface area contributed by atoms with Crippen LogP contribution in [0.15, 0.2) is 0 Å². The highest BCUT2D eigenvalue weighted by Crippen LogP contribution is 2.19. The number of ketones is 1. The molecule has 1 saturated carbocycles. The molecule has 2 unspecified atom stereocenters. The molecular formula is C12H20O3. The lowest BCUT2D eigenvalue weighted by Crippen LogP contribution is -2.20. The standard InChI is InChI=1S/C6H10O2.C6H10O/c1-5-3-2-4-8-6(5)7;1-5-3-2-4-6(5)7/h5H,2-4H2,1H3;5H,2-4H2,1H3. The Morgan fingerprint density at radius 1 is 1.07 bits per heavy atom. The van der Waals surface area contributed by atoms with Gasteiger partial charge in [-0.1, -0.05) is 13.8 Å². The van der Waals surface area contributed by atoms with Gasteiger partial charge in [-0.05, 0) is 25.7 Å². The Kier molecular flexibility index (Phi) is 4.79. The predicted molar refractivity (Wildman–Crippen MR) is 57.4 cm³/mol. The second-order valence-electron chi connectivity index (χ2n) is 4.47. The fourth-order valence-corrected chi connectivity index (χ4v) is 1.81. The Labute approximate surface area is 91.2 Å². The first kappa shape index (κ1) is 12.2. The Bertz CT molecular complexity index is 235. The number of carbonyl (C=O) groups excluding carboxylic acids is 2. The van der Waals surface area contributed by atoms with E-state index in [0.29, 0.717) is 18.3 Å². The summed E-state index contributed by atoms with van der Waals surface area (Å²) in [7, 11) is 0. The smallest absolute Gasteiger partial charge is 0.308 e. The summed E-state index contributed by atoms with van der Waals surface area (Å²) in [6.45, 7) is 4.54. The normalized spacial score (nSPS) is 30.5. The molecule has 0 radical (unpaired) electrons. The van der Waals surface area contributed by atoms with Crippen molar-refractivity contribution in [3.63, 3.8) is 0 Å². The SMILES string of the molecule is CC1CCCC1=O.CC1CCCOC1=O. The first-order valence-corrected chi connectivity index (χ1v) is 5.80. The van der Waals surface area contributed by atoms with Gasteiger partial charge in [0, 0.05) is 12.3 Å². The maximum atomic E-state index is 10.6. The third-order valence-electron chi connectivity index (χ3n) is 3.04. The van der Waals surface area contributed by atoms with E-state index in [9.17, 15) is 9.59 Å². The molecule has 1 aliphatic heterocycles. The molecule has 1 aliphatic carbocycles. The summed E-state index contributed by atoms with van der Waals surface area (Å²) in [6, 6.07) is 0. The zero-order valence-electron chi connectivity index (χ0n) is 9.62. The summed E-state index contributed by atoms with van der Waals surface area (Å²) in [5, 5.41) is 0. The second-order valence-corrected chi connectivity index (χ2v) is 4.47. The lowest BCUT2D eigenvalue weighted by molar-refractivity contribution is -0.151. The Morgan fingerprint density at radius 2 is 1.73 bits per heavy atom. The van der Waals surface area contributed by atoms with E-state index in [4.69, 9.17) is 4.74 Å². The third-order valence-corrected chi connectivity index (χ3v) is 3.04. The van der Waals surface area contributed by atoms with E-state index in [-0.39, 0.29) is 11.9 Å². The van der Waals surface area contributed by atoms with Gasteiger partial charge in [-0.3, -0.25) is 9.59 Å². The minimum atomic E-state index is -0.0312. The summed E-state index contributed by atoms with van der Waals surface area (Å²) in [4.78, 5) is 21.1. The van der Waals surface area contributed by atoms with E-state index in [2.05, 4.69) is 0 Å². The zero-order valence-corrected chi connectivity index (χ0v) is 9.62. The van der Waals surface area contributed by atoms with Crippen LogP contribution in [0.2, 0.25) is 0 Å². The number of carbonyl (C=O) groups is 2. The molecule has 0 amide bonds. The van der Waals surface area contributed by atoms with Crippen molar-refractivity contribution in [1.82, 2.24) is 0 Å². The van der Waals surface area contributed by atoms with Crippen molar-refractivity contribution >= 4 is 11.8 Å². The number of hydrogen-bond acceptors (Lipinski definition) is 3. The molecule has 86 valence electrons. The highest BCUT2D eigenvalue weighted by atomic mass is 16.5. The first-order chi connectivity index (χ1) is 7.11. The molecule has 2 atom stereocenters. The van der Waals surface area contributed by atoms with Gasteiger partial charge in [-0.2, -0.15) is 0 Å². The summed E-state index contributed by atoms with van der Waals surface area (Å²) in [5.41, 5.74) is 0. The molecule has 2 aliphatic rings. The maximum absolute atomic E-state index is 10.6. The third kappa shape index (κ3) is 4.02. The van der Waals surface area contributed by atoms with Gasteiger partial charge in [0.1, 0.15) is 5.78 Å². The molecule has 0 bridgehead atoms. The summed E-state index contributed by atoms with van der Waals surface area (Å²) in [6.07, 6.45) is 5.12. The molecule has 1 heterocycles.